The van der Waals surface area contributed by atoms with E-state index in [0.29, 0.717) is 18.7 Å². The second kappa shape index (κ2) is 11.0. The predicted octanol–water partition coefficient (Wildman–Crippen LogP) is 2.69. The highest BCUT2D eigenvalue weighted by Crippen LogP contribution is 2.13. The highest BCUT2D eigenvalue weighted by molar-refractivity contribution is 5.92. The Morgan fingerprint density at radius 1 is 1.17 bits per heavy atom. The van der Waals surface area contributed by atoms with Crippen LogP contribution in [0.25, 0.3) is 6.08 Å². The normalized spacial score (nSPS) is 11.4. The summed E-state index contributed by atoms with van der Waals surface area (Å²) in [6.07, 6.45) is 6.67. The number of methoxy groups -OCH3 is 1. The van der Waals surface area contributed by atoms with E-state index in [4.69, 9.17) is 4.74 Å². The Balaban J connectivity index is 2.20. The molecule has 0 saturated heterocycles. The number of ether oxygens (including phenoxy) is 1. The summed E-state index contributed by atoms with van der Waals surface area (Å²) in [5, 5.41) is 5.66. The zero-order valence-electron chi connectivity index (χ0n) is 14.6. The predicted molar refractivity (Wildman–Crippen MR) is 96.7 cm³/mol. The molecule has 0 aliphatic heterocycles. The van der Waals surface area contributed by atoms with Crippen molar-refractivity contribution in [2.24, 2.45) is 0 Å². The minimum absolute atomic E-state index is 0.0391. The second-order valence-electron chi connectivity index (χ2n) is 5.34. The molecule has 0 spiro atoms. The Kier molecular flexibility index (Phi) is 8.97. The summed E-state index contributed by atoms with van der Waals surface area (Å²) in [4.78, 5) is 23.2. The third-order valence-corrected chi connectivity index (χ3v) is 3.50. The highest BCUT2D eigenvalue weighted by Gasteiger charge is 2.01. The fourth-order valence-corrected chi connectivity index (χ4v) is 1.91. The Morgan fingerprint density at radius 3 is 2.54 bits per heavy atom. The first-order chi connectivity index (χ1) is 11.6. The molecule has 24 heavy (non-hydrogen) atoms. The first-order valence-electron chi connectivity index (χ1n) is 8.08. The van der Waals surface area contributed by atoms with Crippen molar-refractivity contribution in [1.29, 1.82) is 0 Å². The van der Waals surface area contributed by atoms with Gasteiger partial charge in [0.05, 0.1) is 7.11 Å². The molecule has 0 bridgehead atoms. The molecule has 0 aliphatic rings. The van der Waals surface area contributed by atoms with Gasteiger partial charge in [-0.2, -0.15) is 0 Å². The number of allylic oxidation sites excluding steroid dienone is 1. The van der Waals surface area contributed by atoms with Gasteiger partial charge < -0.3 is 15.4 Å². The molecule has 1 rings (SSSR count). The maximum absolute atomic E-state index is 11.7. The van der Waals surface area contributed by atoms with Crippen LogP contribution in [0.5, 0.6) is 5.75 Å². The Hall–Kier alpha value is -2.56. The molecule has 0 aliphatic carbocycles. The number of carbonyl (C=O) groups excluding carboxylic acids is 2. The third kappa shape index (κ3) is 7.63. The average Bonchev–Trinajstić information content (AvgIpc) is 2.61. The van der Waals surface area contributed by atoms with E-state index in [1.807, 2.05) is 31.2 Å². The Morgan fingerprint density at radius 2 is 1.88 bits per heavy atom. The van der Waals surface area contributed by atoms with Crippen LogP contribution in [0.4, 0.5) is 0 Å². The number of amides is 2. The summed E-state index contributed by atoms with van der Waals surface area (Å²) < 4.78 is 5.13. The van der Waals surface area contributed by atoms with Crippen molar-refractivity contribution in [3.05, 3.63) is 47.6 Å². The standard InChI is InChI=1S/C19H26N2O3/c1-4-15(2)19(23)21-13-6-5-12-20-18(22)11-10-16-8-7-9-17(14-16)24-3/h4,7-11,14H,5-6,12-13H2,1-3H3,(H,20,22)(H,21,23)/b11-10+,15-4+. The summed E-state index contributed by atoms with van der Waals surface area (Å²) in [5.41, 5.74) is 1.62. The fourth-order valence-electron chi connectivity index (χ4n) is 1.91. The molecule has 1 aromatic carbocycles. The van der Waals surface area contributed by atoms with Gasteiger partial charge in [0.1, 0.15) is 5.75 Å². The lowest BCUT2D eigenvalue weighted by Crippen LogP contribution is -2.27. The molecular formula is C19H26N2O3. The van der Waals surface area contributed by atoms with E-state index in [1.165, 1.54) is 6.08 Å². The molecule has 2 N–H and O–H groups in total. The largest absolute Gasteiger partial charge is 0.497 e. The maximum atomic E-state index is 11.7. The molecule has 0 unspecified atom stereocenters. The molecule has 130 valence electrons. The second-order valence-corrected chi connectivity index (χ2v) is 5.34. The first-order valence-corrected chi connectivity index (χ1v) is 8.08. The lowest BCUT2D eigenvalue weighted by Gasteiger charge is -2.05. The van der Waals surface area contributed by atoms with Gasteiger partial charge in [-0.15, -0.1) is 0 Å². The quantitative estimate of drug-likeness (QED) is 0.540. The average molecular weight is 330 g/mol. The van der Waals surface area contributed by atoms with Crippen LogP contribution in [-0.2, 0) is 9.59 Å². The van der Waals surface area contributed by atoms with E-state index in [2.05, 4.69) is 10.6 Å². The smallest absolute Gasteiger partial charge is 0.246 e. The molecular weight excluding hydrogens is 304 g/mol. The van der Waals surface area contributed by atoms with Gasteiger partial charge in [-0.1, -0.05) is 18.2 Å². The van der Waals surface area contributed by atoms with E-state index in [-0.39, 0.29) is 11.8 Å². The molecule has 5 nitrogen and oxygen atoms in total. The van der Waals surface area contributed by atoms with Crippen LogP contribution in [0, 0.1) is 0 Å². The van der Waals surface area contributed by atoms with E-state index >= 15 is 0 Å². The summed E-state index contributed by atoms with van der Waals surface area (Å²) >= 11 is 0. The number of carbonyl (C=O) groups is 2. The number of rotatable bonds is 9. The molecule has 2 amide bonds. The highest BCUT2D eigenvalue weighted by atomic mass is 16.5. The maximum Gasteiger partial charge on any atom is 0.246 e. The zero-order chi connectivity index (χ0) is 17.8. The Labute approximate surface area is 143 Å². The van der Waals surface area contributed by atoms with Crippen molar-refractivity contribution in [3.63, 3.8) is 0 Å². The van der Waals surface area contributed by atoms with Gasteiger partial charge >= 0.3 is 0 Å². The van der Waals surface area contributed by atoms with Crippen molar-refractivity contribution in [2.75, 3.05) is 20.2 Å². The van der Waals surface area contributed by atoms with Crippen LogP contribution < -0.4 is 15.4 Å². The Bertz CT molecular complexity index is 606. The van der Waals surface area contributed by atoms with Crippen LogP contribution in [0.15, 0.2) is 42.0 Å². The van der Waals surface area contributed by atoms with Gasteiger partial charge in [0.2, 0.25) is 11.8 Å². The minimum atomic E-state index is -0.133. The number of nitrogens with one attached hydrogen (secondary N) is 2. The van der Waals surface area contributed by atoms with Crippen molar-refractivity contribution >= 4 is 17.9 Å². The summed E-state index contributed by atoms with van der Waals surface area (Å²) in [6.45, 7) is 4.81. The van der Waals surface area contributed by atoms with E-state index in [1.54, 1.807) is 26.2 Å². The number of hydrogen-bond donors (Lipinski definition) is 2. The van der Waals surface area contributed by atoms with E-state index < -0.39 is 0 Å². The molecule has 0 saturated carbocycles. The summed E-state index contributed by atoms with van der Waals surface area (Å²) in [5.74, 6) is 0.585. The number of hydrogen-bond acceptors (Lipinski definition) is 3. The van der Waals surface area contributed by atoms with Crippen molar-refractivity contribution in [2.45, 2.75) is 26.7 Å². The van der Waals surface area contributed by atoms with Gasteiger partial charge in [-0.25, -0.2) is 0 Å². The van der Waals surface area contributed by atoms with Crippen LogP contribution in [0.2, 0.25) is 0 Å². The van der Waals surface area contributed by atoms with Crippen LogP contribution in [-0.4, -0.2) is 32.0 Å². The topological polar surface area (TPSA) is 67.4 Å². The van der Waals surface area contributed by atoms with Gasteiger partial charge in [0.25, 0.3) is 0 Å². The lowest BCUT2D eigenvalue weighted by atomic mass is 10.2. The summed E-state index contributed by atoms with van der Waals surface area (Å²) in [6, 6.07) is 7.50. The van der Waals surface area contributed by atoms with Crippen molar-refractivity contribution < 1.29 is 14.3 Å². The van der Waals surface area contributed by atoms with Gasteiger partial charge in [0.15, 0.2) is 0 Å². The monoisotopic (exact) mass is 330 g/mol. The molecule has 5 heteroatoms. The van der Waals surface area contributed by atoms with Crippen LogP contribution >= 0.6 is 0 Å². The van der Waals surface area contributed by atoms with Gasteiger partial charge in [-0.05, 0) is 50.5 Å². The van der Waals surface area contributed by atoms with Gasteiger partial charge in [-0.3, -0.25) is 9.59 Å². The number of benzene rings is 1. The lowest BCUT2D eigenvalue weighted by molar-refractivity contribution is -0.118. The molecule has 0 atom stereocenters. The molecule has 1 aromatic rings. The van der Waals surface area contributed by atoms with Crippen molar-refractivity contribution in [3.8, 4) is 5.75 Å². The third-order valence-electron chi connectivity index (χ3n) is 3.50. The van der Waals surface area contributed by atoms with Crippen molar-refractivity contribution in [1.82, 2.24) is 10.6 Å². The molecule has 0 heterocycles. The molecule has 0 radical (unpaired) electrons. The fraction of sp³-hybridized carbons (Fsp3) is 0.368. The molecule has 0 aromatic heterocycles. The van der Waals surface area contributed by atoms with Gasteiger partial charge in [0, 0.05) is 24.7 Å². The number of unbranched alkanes of at least 4 members (excludes halogenated alkanes) is 1. The first kappa shape index (κ1) is 19.5. The van der Waals surface area contributed by atoms with E-state index in [9.17, 15) is 9.59 Å². The summed E-state index contributed by atoms with van der Waals surface area (Å²) in [7, 11) is 1.61. The SMILES string of the molecule is C/C=C(\C)C(=O)NCCCCNC(=O)/C=C/c1cccc(OC)c1. The van der Waals surface area contributed by atoms with Crippen LogP contribution in [0.3, 0.4) is 0 Å². The van der Waals surface area contributed by atoms with Crippen LogP contribution in [0.1, 0.15) is 32.3 Å². The zero-order valence-corrected chi connectivity index (χ0v) is 14.6. The van der Waals surface area contributed by atoms with E-state index in [0.717, 1.165) is 24.2 Å². The minimum Gasteiger partial charge on any atom is -0.497 e. The molecule has 0 fully saturated rings.